The van der Waals surface area contributed by atoms with Crippen LogP contribution in [0, 0.1) is 6.92 Å². The zero-order valence-corrected chi connectivity index (χ0v) is 9.78. The van der Waals surface area contributed by atoms with Crippen molar-refractivity contribution in [2.75, 3.05) is 0 Å². The Balaban J connectivity index is 2.71. The van der Waals surface area contributed by atoms with Crippen LogP contribution < -0.4 is 0 Å². The van der Waals surface area contributed by atoms with Gasteiger partial charge in [-0.3, -0.25) is 4.98 Å². The first kappa shape index (κ1) is 10.9. The maximum atomic E-state index is 8.71. The molecule has 0 amide bonds. The minimum atomic E-state index is 0.554. The van der Waals surface area contributed by atoms with Crippen LogP contribution in [0.3, 0.4) is 0 Å². The second-order valence-corrected chi connectivity index (χ2v) is 4.07. The zero-order valence-electron chi connectivity index (χ0n) is 9.03. The van der Waals surface area contributed by atoms with Gasteiger partial charge in [-0.05, 0) is 37.6 Å². The molecule has 0 aliphatic heterocycles. The molecule has 0 unspecified atom stereocenters. The number of nitrogens with zero attached hydrogens (tertiary/aromatic N) is 2. The lowest BCUT2D eigenvalue weighted by Crippen LogP contribution is -1.95. The number of benzene rings is 1. The predicted molar refractivity (Wildman–Crippen MR) is 65.5 cm³/mol. The molecular weight excluding hydrogens is 224 g/mol. The van der Waals surface area contributed by atoms with E-state index in [2.05, 4.69) is 10.1 Å². The van der Waals surface area contributed by atoms with Crippen LogP contribution in [0.25, 0.3) is 10.9 Å². The molecule has 0 radical (unpaired) electrons. The third-order valence-electron chi connectivity index (χ3n) is 2.45. The highest BCUT2D eigenvalue weighted by Gasteiger charge is 2.05. The van der Waals surface area contributed by atoms with Gasteiger partial charge in [-0.2, -0.15) is 0 Å². The van der Waals surface area contributed by atoms with E-state index in [0.29, 0.717) is 10.7 Å². The Morgan fingerprint density at radius 1 is 1.38 bits per heavy atom. The van der Waals surface area contributed by atoms with Crippen molar-refractivity contribution in [1.29, 1.82) is 0 Å². The van der Waals surface area contributed by atoms with Gasteiger partial charge >= 0.3 is 0 Å². The molecule has 1 aromatic heterocycles. The summed E-state index contributed by atoms with van der Waals surface area (Å²) in [4.78, 5) is 4.38. The van der Waals surface area contributed by atoms with Gasteiger partial charge in [0.05, 0.1) is 16.3 Å². The topological polar surface area (TPSA) is 45.5 Å². The van der Waals surface area contributed by atoms with Gasteiger partial charge in [0.25, 0.3) is 0 Å². The maximum absolute atomic E-state index is 8.71. The van der Waals surface area contributed by atoms with Crippen LogP contribution >= 0.6 is 11.6 Å². The number of fused-ring (bicyclic) bond motifs is 1. The molecule has 3 nitrogen and oxygen atoms in total. The lowest BCUT2D eigenvalue weighted by Gasteiger charge is -2.04. The molecule has 82 valence electrons. The summed E-state index contributed by atoms with van der Waals surface area (Å²) in [6.45, 7) is 3.64. The number of hydrogen-bond acceptors (Lipinski definition) is 3. The van der Waals surface area contributed by atoms with Gasteiger partial charge in [-0.15, -0.1) is 0 Å². The summed E-state index contributed by atoms with van der Waals surface area (Å²) in [5, 5.41) is 13.4. The van der Waals surface area contributed by atoms with E-state index in [1.807, 2.05) is 31.2 Å². The summed E-state index contributed by atoms with van der Waals surface area (Å²) in [5.41, 5.74) is 3.12. The number of hydrogen-bond donors (Lipinski definition) is 1. The molecule has 0 fully saturated rings. The second kappa shape index (κ2) is 4.10. The summed E-state index contributed by atoms with van der Waals surface area (Å²) in [7, 11) is 0. The second-order valence-electron chi connectivity index (χ2n) is 3.66. The van der Waals surface area contributed by atoms with Gasteiger partial charge in [0, 0.05) is 11.1 Å². The molecule has 0 aliphatic rings. The molecule has 0 bridgehead atoms. The predicted octanol–water partition coefficient (Wildman–Crippen LogP) is 3.39. The smallest absolute Gasteiger partial charge is 0.0837 e. The first-order chi connectivity index (χ1) is 7.61. The van der Waals surface area contributed by atoms with Crippen LogP contribution in [0.4, 0.5) is 0 Å². The molecule has 0 spiro atoms. The number of pyridine rings is 1. The van der Waals surface area contributed by atoms with E-state index in [-0.39, 0.29) is 0 Å². The SMILES string of the molecule is CC(=NO)c1ccc2nc(C)cc(Cl)c2c1. The van der Waals surface area contributed by atoms with Crippen molar-refractivity contribution < 1.29 is 5.21 Å². The molecule has 1 heterocycles. The standard InChI is InChI=1S/C12H11ClN2O/c1-7-5-11(13)10-6-9(8(2)15-16)3-4-12(10)14-7/h3-6,16H,1-2H3. The Bertz CT molecular complexity index is 578. The number of aryl methyl sites for hydroxylation is 1. The molecule has 0 saturated carbocycles. The Kier molecular flexibility index (Phi) is 2.79. The largest absolute Gasteiger partial charge is 0.411 e. The Morgan fingerprint density at radius 3 is 2.81 bits per heavy atom. The van der Waals surface area contributed by atoms with Gasteiger partial charge in [0.1, 0.15) is 0 Å². The molecule has 2 aromatic rings. The van der Waals surface area contributed by atoms with Gasteiger partial charge in [0.2, 0.25) is 0 Å². The first-order valence-electron chi connectivity index (χ1n) is 4.88. The summed E-state index contributed by atoms with van der Waals surface area (Å²) in [6.07, 6.45) is 0. The highest BCUT2D eigenvalue weighted by Crippen LogP contribution is 2.24. The van der Waals surface area contributed by atoms with E-state index in [0.717, 1.165) is 22.2 Å². The molecule has 0 atom stereocenters. The van der Waals surface area contributed by atoms with Crippen molar-refractivity contribution in [1.82, 2.24) is 4.98 Å². The fourth-order valence-corrected chi connectivity index (χ4v) is 1.90. The van der Waals surface area contributed by atoms with Crippen molar-refractivity contribution in [2.24, 2.45) is 5.16 Å². The van der Waals surface area contributed by atoms with Crippen LogP contribution in [0.5, 0.6) is 0 Å². The van der Waals surface area contributed by atoms with Gasteiger partial charge in [0.15, 0.2) is 0 Å². The molecule has 0 aliphatic carbocycles. The van der Waals surface area contributed by atoms with Crippen molar-refractivity contribution in [2.45, 2.75) is 13.8 Å². The molecule has 1 N–H and O–H groups in total. The molecule has 0 saturated heterocycles. The quantitative estimate of drug-likeness (QED) is 0.467. The highest BCUT2D eigenvalue weighted by atomic mass is 35.5. The van der Waals surface area contributed by atoms with E-state index >= 15 is 0 Å². The Morgan fingerprint density at radius 2 is 2.12 bits per heavy atom. The average molecular weight is 235 g/mol. The van der Waals surface area contributed by atoms with E-state index in [1.54, 1.807) is 6.92 Å². The molecular formula is C12H11ClN2O. The van der Waals surface area contributed by atoms with Crippen LogP contribution in [0.1, 0.15) is 18.2 Å². The van der Waals surface area contributed by atoms with Crippen molar-refractivity contribution in [3.63, 3.8) is 0 Å². The lowest BCUT2D eigenvalue weighted by atomic mass is 10.1. The number of aromatic nitrogens is 1. The van der Waals surface area contributed by atoms with E-state index in [4.69, 9.17) is 16.8 Å². The summed E-state index contributed by atoms with van der Waals surface area (Å²) >= 11 is 6.14. The number of rotatable bonds is 1. The highest BCUT2D eigenvalue weighted by molar-refractivity contribution is 6.35. The Hall–Kier alpha value is -1.61. The van der Waals surface area contributed by atoms with Crippen molar-refractivity contribution in [3.8, 4) is 0 Å². The third-order valence-corrected chi connectivity index (χ3v) is 2.77. The zero-order chi connectivity index (χ0) is 11.7. The maximum Gasteiger partial charge on any atom is 0.0837 e. The molecule has 4 heteroatoms. The van der Waals surface area contributed by atoms with Crippen molar-refractivity contribution in [3.05, 3.63) is 40.5 Å². The van der Waals surface area contributed by atoms with Gasteiger partial charge in [-0.1, -0.05) is 22.8 Å². The van der Waals surface area contributed by atoms with Crippen LogP contribution in [-0.2, 0) is 0 Å². The van der Waals surface area contributed by atoms with Crippen molar-refractivity contribution >= 4 is 28.2 Å². The lowest BCUT2D eigenvalue weighted by molar-refractivity contribution is 0.319. The van der Waals surface area contributed by atoms with Crippen LogP contribution in [0.15, 0.2) is 29.4 Å². The average Bonchev–Trinajstić information content (AvgIpc) is 2.27. The number of oxime groups is 1. The fraction of sp³-hybridized carbons (Fsp3) is 0.167. The molecule has 2 rings (SSSR count). The number of halogens is 1. The van der Waals surface area contributed by atoms with E-state index in [9.17, 15) is 0 Å². The Labute approximate surface area is 98.4 Å². The monoisotopic (exact) mass is 234 g/mol. The normalized spacial score (nSPS) is 12.1. The van der Waals surface area contributed by atoms with E-state index in [1.165, 1.54) is 0 Å². The first-order valence-corrected chi connectivity index (χ1v) is 5.25. The summed E-state index contributed by atoms with van der Waals surface area (Å²) in [6, 6.07) is 7.43. The van der Waals surface area contributed by atoms with Gasteiger partial charge < -0.3 is 5.21 Å². The minimum absolute atomic E-state index is 0.554. The molecule has 16 heavy (non-hydrogen) atoms. The third kappa shape index (κ3) is 1.86. The van der Waals surface area contributed by atoms with Crippen LogP contribution in [0.2, 0.25) is 5.02 Å². The summed E-state index contributed by atoms with van der Waals surface area (Å²) in [5.74, 6) is 0. The van der Waals surface area contributed by atoms with Crippen LogP contribution in [-0.4, -0.2) is 15.9 Å². The molecule has 1 aromatic carbocycles. The fourth-order valence-electron chi connectivity index (χ4n) is 1.59. The minimum Gasteiger partial charge on any atom is -0.411 e. The van der Waals surface area contributed by atoms with Gasteiger partial charge in [-0.25, -0.2) is 0 Å². The summed E-state index contributed by atoms with van der Waals surface area (Å²) < 4.78 is 0. The van der Waals surface area contributed by atoms with E-state index < -0.39 is 0 Å².